The highest BCUT2D eigenvalue weighted by atomic mass is 35.5. The monoisotopic (exact) mass is 512 g/mol. The van der Waals surface area contributed by atoms with Crippen molar-refractivity contribution in [2.75, 3.05) is 0 Å². The van der Waals surface area contributed by atoms with Gasteiger partial charge in [0.25, 0.3) is 0 Å². The van der Waals surface area contributed by atoms with E-state index in [1.54, 1.807) is 0 Å². The van der Waals surface area contributed by atoms with E-state index < -0.39 is 6.80 Å². The Bertz CT molecular complexity index is 813. The van der Waals surface area contributed by atoms with E-state index in [9.17, 15) is 4.57 Å². The molecule has 142 valence electrons. The Balaban J connectivity index is 2.41. The molecule has 0 amide bonds. The first-order valence-corrected chi connectivity index (χ1v) is 12.3. The van der Waals surface area contributed by atoms with Crippen molar-refractivity contribution in [3.05, 3.63) is 54.4 Å². The minimum Gasteiger partial charge on any atom is -0.407 e. The predicted molar refractivity (Wildman–Crippen MR) is 115 cm³/mol. The van der Waals surface area contributed by atoms with Crippen LogP contribution in [0.4, 0.5) is 0 Å². The van der Waals surface area contributed by atoms with Gasteiger partial charge < -0.3 is 9.05 Å². The molecule has 0 saturated heterocycles. The largest absolute Gasteiger partial charge is 0.493 e. The molecule has 0 fully saturated rings. The Morgan fingerprint density at radius 1 is 0.731 bits per heavy atom. The normalized spacial score (nSPS) is 11.7. The van der Waals surface area contributed by atoms with Crippen LogP contribution in [0.15, 0.2) is 24.3 Å². The van der Waals surface area contributed by atoms with E-state index in [0.29, 0.717) is 0 Å². The third kappa shape index (κ3) is 5.93. The summed E-state index contributed by atoms with van der Waals surface area (Å²) < 4.78 is 24.5. The van der Waals surface area contributed by atoms with Gasteiger partial charge in [0.15, 0.2) is 11.5 Å². The van der Waals surface area contributed by atoms with Crippen molar-refractivity contribution in [3.63, 3.8) is 0 Å². The average Bonchev–Trinajstić information content (AvgIpc) is 2.49. The molecule has 11 heteroatoms. The molecule has 0 aliphatic carbocycles. The van der Waals surface area contributed by atoms with E-state index in [1.165, 1.54) is 24.3 Å². The van der Waals surface area contributed by atoms with E-state index in [4.69, 9.17) is 78.7 Å². The smallest absolute Gasteiger partial charge is 0.407 e. The molecule has 0 radical (unpaired) electrons. The highest BCUT2D eigenvalue weighted by Crippen LogP contribution is 2.63. The molecule has 0 aliphatic heterocycles. The standard InChI is InChI=1S/C15H11Cl6O3PS/c1-7(2)26-25(22,23-14-5-10(18)8(16)3-12(14)20)24-15-6-11(19)9(17)4-13(15)21/h3-7H,1-2H3. The maximum atomic E-state index is 13.3. The highest BCUT2D eigenvalue weighted by molar-refractivity contribution is 8.55. The molecule has 26 heavy (non-hydrogen) atoms. The fourth-order valence-electron chi connectivity index (χ4n) is 1.71. The summed E-state index contributed by atoms with van der Waals surface area (Å²) in [6.07, 6.45) is 0. The first kappa shape index (κ1) is 22.6. The SMILES string of the molecule is CC(C)SP(=O)(Oc1cc(Cl)c(Cl)cc1Cl)Oc1cc(Cl)c(Cl)cc1Cl. The van der Waals surface area contributed by atoms with E-state index >= 15 is 0 Å². The van der Waals surface area contributed by atoms with Crippen molar-refractivity contribution in [2.24, 2.45) is 0 Å². The van der Waals surface area contributed by atoms with E-state index in [2.05, 4.69) is 0 Å². The Hall–Kier alpha value is 0.360. The van der Waals surface area contributed by atoms with Gasteiger partial charge in [-0.1, -0.05) is 83.5 Å². The Morgan fingerprint density at radius 2 is 1.08 bits per heavy atom. The van der Waals surface area contributed by atoms with Gasteiger partial charge in [0.05, 0.1) is 30.1 Å². The average molecular weight is 515 g/mol. The van der Waals surface area contributed by atoms with Crippen LogP contribution in [0.2, 0.25) is 30.1 Å². The summed E-state index contributed by atoms with van der Waals surface area (Å²) in [4.78, 5) is 0. The van der Waals surface area contributed by atoms with Gasteiger partial charge in [-0.15, -0.1) is 0 Å². The molecule has 0 unspecified atom stereocenters. The quantitative estimate of drug-likeness (QED) is 0.284. The van der Waals surface area contributed by atoms with Gasteiger partial charge >= 0.3 is 6.80 Å². The summed E-state index contributed by atoms with van der Waals surface area (Å²) in [6.45, 7) is -0.138. The van der Waals surface area contributed by atoms with Crippen LogP contribution in [0.1, 0.15) is 13.8 Å². The Kier molecular flexibility index (Phi) is 8.05. The summed E-state index contributed by atoms with van der Waals surface area (Å²) in [6, 6.07) is 5.49. The van der Waals surface area contributed by atoms with Crippen LogP contribution >= 0.6 is 87.8 Å². The Morgan fingerprint density at radius 3 is 1.42 bits per heavy atom. The van der Waals surface area contributed by atoms with Crippen LogP contribution in [0.25, 0.3) is 0 Å². The van der Waals surface area contributed by atoms with Crippen LogP contribution in [0.5, 0.6) is 11.5 Å². The third-order valence-electron chi connectivity index (χ3n) is 2.71. The molecule has 0 atom stereocenters. The molecule has 0 aliphatic rings. The van der Waals surface area contributed by atoms with E-state index in [0.717, 1.165) is 11.4 Å². The first-order valence-electron chi connectivity index (χ1n) is 6.97. The second-order valence-electron chi connectivity index (χ2n) is 5.18. The topological polar surface area (TPSA) is 35.5 Å². The molecule has 0 saturated carbocycles. The lowest BCUT2D eigenvalue weighted by Gasteiger charge is -2.22. The summed E-state index contributed by atoms with van der Waals surface area (Å²) in [5.74, 6) is 0.127. The second-order valence-corrected chi connectivity index (χ2v) is 12.0. The molecular formula is C15H11Cl6O3PS. The number of hydrogen-bond acceptors (Lipinski definition) is 4. The molecule has 2 aromatic carbocycles. The van der Waals surface area contributed by atoms with Crippen LogP contribution < -0.4 is 9.05 Å². The molecule has 2 rings (SSSR count). The zero-order valence-corrected chi connectivity index (χ0v) is 19.5. The second kappa shape index (κ2) is 9.24. The van der Waals surface area contributed by atoms with Gasteiger partial charge in [0, 0.05) is 17.4 Å². The number of rotatable bonds is 6. The van der Waals surface area contributed by atoms with Crippen LogP contribution in [-0.4, -0.2) is 5.25 Å². The zero-order chi connectivity index (χ0) is 19.6. The lowest BCUT2D eigenvalue weighted by molar-refractivity contribution is 0.408. The van der Waals surface area contributed by atoms with Crippen molar-refractivity contribution < 1.29 is 13.6 Å². The van der Waals surface area contributed by atoms with Crippen LogP contribution in [-0.2, 0) is 4.57 Å². The van der Waals surface area contributed by atoms with Crippen molar-refractivity contribution in [1.82, 2.24) is 0 Å². The maximum absolute atomic E-state index is 13.3. The van der Waals surface area contributed by atoms with Gasteiger partial charge in [-0.25, -0.2) is 4.57 Å². The summed E-state index contributed by atoms with van der Waals surface area (Å²) in [5.41, 5.74) is 0. The van der Waals surface area contributed by atoms with Crippen molar-refractivity contribution >= 4 is 87.8 Å². The third-order valence-corrected chi connectivity index (χ3v) is 8.75. The number of halogens is 6. The predicted octanol–water partition coefficient (Wildman–Crippen LogP) is 9.31. The maximum Gasteiger partial charge on any atom is 0.493 e. The Labute approximate surface area is 185 Å². The molecular weight excluding hydrogens is 504 g/mol. The van der Waals surface area contributed by atoms with Gasteiger partial charge in [-0.05, 0) is 23.5 Å². The molecule has 0 spiro atoms. The van der Waals surface area contributed by atoms with Crippen LogP contribution in [0, 0.1) is 0 Å². The number of hydrogen-bond donors (Lipinski definition) is 0. The van der Waals surface area contributed by atoms with Crippen molar-refractivity contribution in [1.29, 1.82) is 0 Å². The fraction of sp³-hybridized carbons (Fsp3) is 0.200. The molecule has 0 aromatic heterocycles. The van der Waals surface area contributed by atoms with Gasteiger partial charge in [0.2, 0.25) is 0 Å². The molecule has 0 heterocycles. The summed E-state index contributed by atoms with van der Waals surface area (Å²) >= 11 is 37.0. The van der Waals surface area contributed by atoms with E-state index in [-0.39, 0.29) is 46.9 Å². The molecule has 0 N–H and O–H groups in total. The lowest BCUT2D eigenvalue weighted by atomic mass is 10.3. The minimum atomic E-state index is -3.80. The summed E-state index contributed by atoms with van der Waals surface area (Å²) in [5, 5.41) is 1.04. The highest BCUT2D eigenvalue weighted by Gasteiger charge is 2.33. The molecule has 2 aromatic rings. The first-order chi connectivity index (χ1) is 12.0. The van der Waals surface area contributed by atoms with Gasteiger partial charge in [-0.2, -0.15) is 0 Å². The minimum absolute atomic E-state index is 0.0636. The fourth-order valence-corrected chi connectivity index (χ4v) is 6.68. The van der Waals surface area contributed by atoms with Gasteiger partial charge in [-0.3, -0.25) is 0 Å². The molecule has 0 bridgehead atoms. The summed E-state index contributed by atoms with van der Waals surface area (Å²) in [7, 11) is 0. The molecule has 3 nitrogen and oxygen atoms in total. The lowest BCUT2D eigenvalue weighted by Crippen LogP contribution is -2.02. The van der Waals surface area contributed by atoms with E-state index in [1.807, 2.05) is 13.8 Å². The van der Waals surface area contributed by atoms with Crippen LogP contribution in [0.3, 0.4) is 0 Å². The van der Waals surface area contributed by atoms with Crippen molar-refractivity contribution in [2.45, 2.75) is 19.1 Å². The van der Waals surface area contributed by atoms with Crippen molar-refractivity contribution in [3.8, 4) is 11.5 Å². The number of benzene rings is 2. The van der Waals surface area contributed by atoms with Gasteiger partial charge in [0.1, 0.15) is 0 Å². The zero-order valence-electron chi connectivity index (χ0n) is 13.2.